The molecule has 0 unspecified atom stereocenters. The molecule has 0 fully saturated rings. The van der Waals surface area contributed by atoms with Gasteiger partial charge in [-0.1, -0.05) is 30.3 Å². The molecule has 0 saturated heterocycles. The van der Waals surface area contributed by atoms with Crippen LogP contribution in [-0.4, -0.2) is 18.9 Å². The number of hydrogen-bond donors (Lipinski definition) is 2. The van der Waals surface area contributed by atoms with Crippen LogP contribution < -0.4 is 20.9 Å². The Hall–Kier alpha value is -3.90. The maximum absolute atomic E-state index is 12.3. The van der Waals surface area contributed by atoms with Gasteiger partial charge in [0.05, 0.1) is 12.8 Å². The first-order valence-corrected chi connectivity index (χ1v) is 8.94. The van der Waals surface area contributed by atoms with Crippen molar-refractivity contribution in [2.24, 2.45) is 5.84 Å². The quantitative estimate of drug-likeness (QED) is 0.291. The predicted molar refractivity (Wildman–Crippen MR) is 115 cm³/mol. The Bertz CT molecular complexity index is 998. The van der Waals surface area contributed by atoms with Gasteiger partial charge in [-0.25, -0.2) is 10.9 Å². The number of amides is 2. The lowest BCUT2D eigenvalue weighted by atomic mass is 10.1. The third-order valence-corrected chi connectivity index (χ3v) is 4.21. The van der Waals surface area contributed by atoms with Crippen LogP contribution in [0.1, 0.15) is 15.9 Å². The van der Waals surface area contributed by atoms with E-state index in [2.05, 4.69) is 5.32 Å². The molecule has 6 nitrogen and oxygen atoms in total. The van der Waals surface area contributed by atoms with E-state index in [1.807, 2.05) is 18.2 Å². The Kier molecular flexibility index (Phi) is 6.40. The molecule has 3 aromatic rings. The van der Waals surface area contributed by atoms with Crippen LogP contribution in [0.25, 0.3) is 6.08 Å². The standard InChI is InChI=1S/C23H21N3O3/c1-29-21-14-10-18(11-15-21)23(28)25-19-12-7-17(8-13-19)9-16-22(27)26(24)20-5-3-2-4-6-20/h2-16H,24H2,1H3,(H,25,28). The predicted octanol–water partition coefficient (Wildman–Crippen LogP) is 3.87. The van der Waals surface area contributed by atoms with Crippen LogP contribution in [0.15, 0.2) is 84.9 Å². The maximum atomic E-state index is 12.3. The van der Waals surface area contributed by atoms with Crippen molar-refractivity contribution in [2.75, 3.05) is 17.4 Å². The number of hydrazine groups is 1. The van der Waals surface area contributed by atoms with Gasteiger partial charge < -0.3 is 10.1 Å². The molecule has 0 aliphatic heterocycles. The number of nitrogens with zero attached hydrogens (tertiary/aromatic N) is 1. The second-order valence-electron chi connectivity index (χ2n) is 6.18. The normalized spacial score (nSPS) is 10.6. The van der Waals surface area contributed by atoms with Gasteiger partial charge in [0.2, 0.25) is 0 Å². The van der Waals surface area contributed by atoms with E-state index in [0.29, 0.717) is 22.7 Å². The molecule has 3 rings (SSSR count). The molecule has 3 N–H and O–H groups in total. The highest BCUT2D eigenvalue weighted by atomic mass is 16.5. The van der Waals surface area contributed by atoms with Crippen LogP contribution >= 0.6 is 0 Å². The average molecular weight is 387 g/mol. The molecule has 3 aromatic carbocycles. The van der Waals surface area contributed by atoms with Gasteiger partial charge in [0.1, 0.15) is 5.75 Å². The molecule has 0 aliphatic carbocycles. The van der Waals surface area contributed by atoms with Gasteiger partial charge in [0.15, 0.2) is 0 Å². The Morgan fingerprint density at radius 3 is 2.21 bits per heavy atom. The molecule has 0 saturated carbocycles. The van der Waals surface area contributed by atoms with Crippen LogP contribution in [0.2, 0.25) is 0 Å². The van der Waals surface area contributed by atoms with Crippen molar-refractivity contribution in [3.05, 3.63) is 96.1 Å². The zero-order chi connectivity index (χ0) is 20.6. The SMILES string of the molecule is COc1ccc(C(=O)Nc2ccc(C=CC(=O)N(N)c3ccccc3)cc2)cc1. The van der Waals surface area contributed by atoms with Crippen molar-refractivity contribution in [1.29, 1.82) is 0 Å². The molecule has 29 heavy (non-hydrogen) atoms. The van der Waals surface area contributed by atoms with E-state index in [1.165, 1.54) is 6.08 Å². The third kappa shape index (κ3) is 5.31. The number of hydrogen-bond acceptors (Lipinski definition) is 4. The smallest absolute Gasteiger partial charge is 0.265 e. The summed E-state index contributed by atoms with van der Waals surface area (Å²) in [5.74, 6) is 5.97. The topological polar surface area (TPSA) is 84.7 Å². The highest BCUT2D eigenvalue weighted by molar-refractivity contribution is 6.04. The van der Waals surface area contributed by atoms with Crippen LogP contribution in [-0.2, 0) is 4.79 Å². The van der Waals surface area contributed by atoms with E-state index in [4.69, 9.17) is 10.6 Å². The fourth-order valence-electron chi connectivity index (χ4n) is 2.59. The fourth-order valence-corrected chi connectivity index (χ4v) is 2.59. The van der Waals surface area contributed by atoms with E-state index in [-0.39, 0.29) is 11.8 Å². The molecule has 0 atom stereocenters. The first-order valence-electron chi connectivity index (χ1n) is 8.94. The van der Waals surface area contributed by atoms with Gasteiger partial charge in [0.25, 0.3) is 11.8 Å². The number of ether oxygens (including phenoxy) is 1. The Morgan fingerprint density at radius 1 is 0.931 bits per heavy atom. The molecule has 146 valence electrons. The van der Waals surface area contributed by atoms with E-state index < -0.39 is 0 Å². The summed E-state index contributed by atoms with van der Waals surface area (Å²) in [6, 6.07) is 23.0. The minimum absolute atomic E-state index is 0.215. The monoisotopic (exact) mass is 387 g/mol. The van der Waals surface area contributed by atoms with Gasteiger partial charge >= 0.3 is 0 Å². The number of benzene rings is 3. The molecule has 0 aliphatic rings. The van der Waals surface area contributed by atoms with Crippen molar-refractivity contribution in [3.63, 3.8) is 0 Å². The number of nitrogens with two attached hydrogens (primary N) is 1. The van der Waals surface area contributed by atoms with Crippen molar-refractivity contribution < 1.29 is 14.3 Å². The highest BCUT2D eigenvalue weighted by Crippen LogP contribution is 2.15. The number of carbonyl (C=O) groups excluding carboxylic acids is 2. The summed E-state index contributed by atoms with van der Waals surface area (Å²) in [5, 5.41) is 3.91. The molecule has 0 radical (unpaired) electrons. The molecule has 0 heterocycles. The minimum atomic E-state index is -0.340. The third-order valence-electron chi connectivity index (χ3n) is 4.21. The first-order chi connectivity index (χ1) is 14.1. The summed E-state index contributed by atoms with van der Waals surface area (Å²) in [5.41, 5.74) is 2.60. The minimum Gasteiger partial charge on any atom is -0.497 e. The number of anilines is 2. The van der Waals surface area contributed by atoms with Gasteiger partial charge in [-0.05, 0) is 60.2 Å². The van der Waals surface area contributed by atoms with Gasteiger partial charge in [-0.15, -0.1) is 0 Å². The lowest BCUT2D eigenvalue weighted by molar-refractivity contribution is -0.114. The zero-order valence-corrected chi connectivity index (χ0v) is 15.9. The summed E-state index contributed by atoms with van der Waals surface area (Å²) in [4.78, 5) is 24.5. The molecule has 6 heteroatoms. The highest BCUT2D eigenvalue weighted by Gasteiger charge is 2.08. The van der Waals surface area contributed by atoms with Crippen LogP contribution in [0, 0.1) is 0 Å². The van der Waals surface area contributed by atoms with Crippen molar-refractivity contribution in [1.82, 2.24) is 0 Å². The molecular weight excluding hydrogens is 366 g/mol. The lowest BCUT2D eigenvalue weighted by Gasteiger charge is -2.14. The van der Waals surface area contributed by atoms with E-state index in [9.17, 15) is 9.59 Å². The van der Waals surface area contributed by atoms with Gasteiger partial charge in [0, 0.05) is 17.3 Å². The summed E-state index contributed by atoms with van der Waals surface area (Å²) in [6.45, 7) is 0. The Morgan fingerprint density at radius 2 is 1.59 bits per heavy atom. The number of nitrogens with one attached hydrogen (secondary N) is 1. The summed E-state index contributed by atoms with van der Waals surface area (Å²) < 4.78 is 5.09. The lowest BCUT2D eigenvalue weighted by Crippen LogP contribution is -2.35. The summed E-state index contributed by atoms with van der Waals surface area (Å²) >= 11 is 0. The molecule has 2 amide bonds. The molecule has 0 bridgehead atoms. The van der Waals surface area contributed by atoms with E-state index in [0.717, 1.165) is 10.6 Å². The number of rotatable bonds is 6. The fraction of sp³-hybridized carbons (Fsp3) is 0.0435. The second kappa shape index (κ2) is 9.34. The number of carbonyl (C=O) groups is 2. The molecule has 0 aromatic heterocycles. The zero-order valence-electron chi connectivity index (χ0n) is 15.9. The Labute approximate surface area is 169 Å². The van der Waals surface area contributed by atoms with Crippen LogP contribution in [0.4, 0.5) is 11.4 Å². The summed E-state index contributed by atoms with van der Waals surface area (Å²) in [6.07, 6.45) is 3.07. The molecular formula is C23H21N3O3. The first kappa shape index (κ1) is 19.9. The molecule has 0 spiro atoms. The summed E-state index contributed by atoms with van der Waals surface area (Å²) in [7, 11) is 1.57. The second-order valence-corrected chi connectivity index (χ2v) is 6.18. The maximum Gasteiger partial charge on any atom is 0.265 e. The van der Waals surface area contributed by atoms with Gasteiger partial charge in [-0.2, -0.15) is 0 Å². The van der Waals surface area contributed by atoms with E-state index >= 15 is 0 Å². The number of methoxy groups -OCH3 is 1. The van der Waals surface area contributed by atoms with Crippen molar-refractivity contribution >= 4 is 29.3 Å². The van der Waals surface area contributed by atoms with E-state index in [1.54, 1.807) is 73.8 Å². The van der Waals surface area contributed by atoms with Gasteiger partial charge in [-0.3, -0.25) is 9.59 Å². The van der Waals surface area contributed by atoms with Crippen LogP contribution in [0.3, 0.4) is 0 Å². The average Bonchev–Trinajstić information content (AvgIpc) is 2.78. The largest absolute Gasteiger partial charge is 0.497 e. The van der Waals surface area contributed by atoms with Crippen molar-refractivity contribution in [3.8, 4) is 5.75 Å². The van der Waals surface area contributed by atoms with Crippen molar-refractivity contribution in [2.45, 2.75) is 0 Å². The van der Waals surface area contributed by atoms with Crippen LogP contribution in [0.5, 0.6) is 5.75 Å². The number of para-hydroxylation sites is 1. The Balaban J connectivity index is 1.60.